The number of carbonyl (C=O) groups is 3. The molecule has 1 aromatic heterocycles. The molecule has 0 bridgehead atoms. The van der Waals surface area contributed by atoms with Crippen LogP contribution in [0.4, 0.5) is 0 Å². The SMILES string of the molecule is O=C(CCN1C(=O)c2ccc(Br)cc2C1=O)NCc1ccccc1Cn1cccn1. The Morgan fingerprint density at radius 1 is 1.00 bits per heavy atom. The molecule has 0 spiro atoms. The van der Waals surface area contributed by atoms with Gasteiger partial charge >= 0.3 is 0 Å². The normalized spacial score (nSPS) is 12.9. The molecule has 0 saturated heterocycles. The average Bonchev–Trinajstić information content (AvgIpc) is 3.33. The first-order valence-corrected chi connectivity index (χ1v) is 10.3. The largest absolute Gasteiger partial charge is 0.352 e. The fraction of sp³-hybridized carbons (Fsp3) is 0.182. The van der Waals surface area contributed by atoms with E-state index in [1.54, 1.807) is 24.4 Å². The second kappa shape index (κ2) is 8.62. The van der Waals surface area contributed by atoms with Gasteiger partial charge in [-0.15, -0.1) is 0 Å². The van der Waals surface area contributed by atoms with Gasteiger partial charge in [0, 0.05) is 36.4 Å². The van der Waals surface area contributed by atoms with Crippen molar-refractivity contribution in [2.75, 3.05) is 6.54 Å². The number of nitrogens with zero attached hydrogens (tertiary/aromatic N) is 3. The first-order valence-electron chi connectivity index (χ1n) is 9.49. The van der Waals surface area contributed by atoms with Crippen molar-refractivity contribution in [2.45, 2.75) is 19.5 Å². The summed E-state index contributed by atoms with van der Waals surface area (Å²) < 4.78 is 2.55. The molecule has 7 nitrogen and oxygen atoms in total. The monoisotopic (exact) mass is 466 g/mol. The molecule has 0 aliphatic carbocycles. The number of halogens is 1. The van der Waals surface area contributed by atoms with Crippen LogP contribution in [0.15, 0.2) is 65.4 Å². The summed E-state index contributed by atoms with van der Waals surface area (Å²) in [6.07, 6.45) is 3.66. The number of hydrogen-bond acceptors (Lipinski definition) is 4. The predicted octanol–water partition coefficient (Wildman–Crippen LogP) is 3.00. The molecule has 1 aliphatic rings. The Morgan fingerprint density at radius 2 is 1.77 bits per heavy atom. The van der Waals surface area contributed by atoms with Crippen LogP contribution in [0.3, 0.4) is 0 Å². The van der Waals surface area contributed by atoms with E-state index >= 15 is 0 Å². The van der Waals surface area contributed by atoms with E-state index in [2.05, 4.69) is 26.3 Å². The van der Waals surface area contributed by atoms with E-state index in [0.717, 1.165) is 20.5 Å². The Balaban J connectivity index is 1.33. The van der Waals surface area contributed by atoms with Gasteiger partial charge in [0.2, 0.25) is 5.91 Å². The molecule has 0 fully saturated rings. The molecule has 152 valence electrons. The van der Waals surface area contributed by atoms with Crippen molar-refractivity contribution in [3.8, 4) is 0 Å². The summed E-state index contributed by atoms with van der Waals surface area (Å²) in [5, 5.41) is 7.09. The van der Waals surface area contributed by atoms with Crippen LogP contribution in [0.25, 0.3) is 0 Å². The lowest BCUT2D eigenvalue weighted by molar-refractivity contribution is -0.121. The maximum absolute atomic E-state index is 12.5. The Bertz CT molecular complexity index is 1110. The number of imide groups is 1. The third-order valence-electron chi connectivity index (χ3n) is 4.98. The zero-order valence-electron chi connectivity index (χ0n) is 16.0. The van der Waals surface area contributed by atoms with Gasteiger partial charge in [0.15, 0.2) is 0 Å². The Morgan fingerprint density at radius 3 is 2.53 bits per heavy atom. The van der Waals surface area contributed by atoms with Crippen molar-refractivity contribution in [2.24, 2.45) is 0 Å². The molecule has 3 aromatic rings. The van der Waals surface area contributed by atoms with Crippen LogP contribution in [0.5, 0.6) is 0 Å². The molecule has 30 heavy (non-hydrogen) atoms. The first kappa shape index (κ1) is 20.0. The van der Waals surface area contributed by atoms with Gasteiger partial charge < -0.3 is 5.32 Å². The minimum absolute atomic E-state index is 0.0464. The standard InChI is InChI=1S/C22H19BrN4O3/c23-17-6-7-18-19(12-17)22(30)27(21(18)29)11-8-20(28)24-13-15-4-1-2-5-16(15)14-26-10-3-9-25-26/h1-7,9-10,12H,8,11,13-14H2,(H,24,28). The molecule has 3 amide bonds. The summed E-state index contributed by atoms with van der Waals surface area (Å²) in [6, 6.07) is 14.7. The molecule has 2 aromatic carbocycles. The van der Waals surface area contributed by atoms with E-state index in [0.29, 0.717) is 24.2 Å². The summed E-state index contributed by atoms with van der Waals surface area (Å²) in [7, 11) is 0. The first-order chi connectivity index (χ1) is 14.5. The Kier molecular flexibility index (Phi) is 5.76. The van der Waals surface area contributed by atoms with Crippen molar-refractivity contribution in [3.05, 3.63) is 87.7 Å². The van der Waals surface area contributed by atoms with E-state index in [1.807, 2.05) is 41.2 Å². The van der Waals surface area contributed by atoms with E-state index < -0.39 is 0 Å². The van der Waals surface area contributed by atoms with E-state index in [-0.39, 0.29) is 30.7 Å². The van der Waals surface area contributed by atoms with Gasteiger partial charge in [-0.2, -0.15) is 5.10 Å². The summed E-state index contributed by atoms with van der Waals surface area (Å²) in [5.41, 5.74) is 2.79. The highest BCUT2D eigenvalue weighted by atomic mass is 79.9. The van der Waals surface area contributed by atoms with E-state index in [1.165, 1.54) is 0 Å². The highest BCUT2D eigenvalue weighted by Crippen LogP contribution is 2.26. The summed E-state index contributed by atoms with van der Waals surface area (Å²) in [6.45, 7) is 1.03. The van der Waals surface area contributed by atoms with Gasteiger partial charge in [0.05, 0.1) is 17.7 Å². The van der Waals surface area contributed by atoms with Gasteiger partial charge in [0.1, 0.15) is 0 Å². The third-order valence-corrected chi connectivity index (χ3v) is 5.47. The molecule has 1 N–H and O–H groups in total. The van der Waals surface area contributed by atoms with Crippen molar-refractivity contribution in [1.82, 2.24) is 20.0 Å². The van der Waals surface area contributed by atoms with Gasteiger partial charge in [0.25, 0.3) is 11.8 Å². The Hall–Kier alpha value is -3.26. The molecule has 0 radical (unpaired) electrons. The maximum atomic E-state index is 12.5. The Labute approximate surface area is 181 Å². The van der Waals surface area contributed by atoms with E-state index in [4.69, 9.17) is 0 Å². The molecule has 1 aliphatic heterocycles. The molecule has 2 heterocycles. The lowest BCUT2D eigenvalue weighted by Crippen LogP contribution is -2.34. The van der Waals surface area contributed by atoms with Crippen LogP contribution in [-0.4, -0.2) is 38.9 Å². The molecule has 0 atom stereocenters. The number of fused-ring (bicyclic) bond motifs is 1. The highest BCUT2D eigenvalue weighted by Gasteiger charge is 2.35. The topological polar surface area (TPSA) is 84.3 Å². The number of hydrogen-bond donors (Lipinski definition) is 1. The van der Waals surface area contributed by atoms with Crippen molar-refractivity contribution < 1.29 is 14.4 Å². The number of benzene rings is 2. The van der Waals surface area contributed by atoms with Crippen LogP contribution in [0, 0.1) is 0 Å². The van der Waals surface area contributed by atoms with Crippen molar-refractivity contribution in [3.63, 3.8) is 0 Å². The number of aromatic nitrogens is 2. The van der Waals surface area contributed by atoms with Gasteiger partial charge in [-0.1, -0.05) is 40.2 Å². The smallest absolute Gasteiger partial charge is 0.261 e. The predicted molar refractivity (Wildman–Crippen MR) is 114 cm³/mol. The van der Waals surface area contributed by atoms with E-state index in [9.17, 15) is 14.4 Å². The second-order valence-electron chi connectivity index (χ2n) is 6.95. The van der Waals surface area contributed by atoms with Gasteiger partial charge in [-0.3, -0.25) is 24.0 Å². The highest BCUT2D eigenvalue weighted by molar-refractivity contribution is 9.10. The quantitative estimate of drug-likeness (QED) is 0.542. The van der Waals surface area contributed by atoms with Crippen LogP contribution < -0.4 is 5.32 Å². The molecule has 0 saturated carbocycles. The summed E-state index contributed by atoms with van der Waals surface area (Å²) in [4.78, 5) is 38.4. The summed E-state index contributed by atoms with van der Waals surface area (Å²) in [5.74, 6) is -0.949. The lowest BCUT2D eigenvalue weighted by Gasteiger charge is -2.14. The van der Waals surface area contributed by atoms with Crippen LogP contribution in [-0.2, 0) is 17.9 Å². The molecular weight excluding hydrogens is 448 g/mol. The van der Waals surface area contributed by atoms with Crippen molar-refractivity contribution in [1.29, 1.82) is 0 Å². The van der Waals surface area contributed by atoms with Crippen molar-refractivity contribution >= 4 is 33.7 Å². The summed E-state index contributed by atoms with van der Waals surface area (Å²) >= 11 is 3.31. The number of carbonyl (C=O) groups excluding carboxylic acids is 3. The molecule has 8 heteroatoms. The van der Waals surface area contributed by atoms with Crippen LogP contribution >= 0.6 is 15.9 Å². The second-order valence-corrected chi connectivity index (χ2v) is 7.87. The fourth-order valence-corrected chi connectivity index (χ4v) is 3.78. The maximum Gasteiger partial charge on any atom is 0.261 e. The number of rotatable bonds is 7. The average molecular weight is 467 g/mol. The van der Waals surface area contributed by atoms with Gasteiger partial charge in [-0.05, 0) is 35.4 Å². The molecule has 0 unspecified atom stereocenters. The third kappa shape index (κ3) is 4.18. The van der Waals surface area contributed by atoms with Crippen LogP contribution in [0.2, 0.25) is 0 Å². The van der Waals surface area contributed by atoms with Gasteiger partial charge in [-0.25, -0.2) is 0 Å². The fourth-order valence-electron chi connectivity index (χ4n) is 3.41. The zero-order valence-corrected chi connectivity index (χ0v) is 17.6. The molecular formula is C22H19BrN4O3. The minimum atomic E-state index is -0.367. The molecule has 4 rings (SSSR count). The lowest BCUT2D eigenvalue weighted by atomic mass is 10.1. The minimum Gasteiger partial charge on any atom is -0.352 e. The van der Waals surface area contributed by atoms with Crippen LogP contribution in [0.1, 0.15) is 38.3 Å². The zero-order chi connectivity index (χ0) is 21.1. The number of amides is 3. The number of nitrogens with one attached hydrogen (secondary N) is 1.